The molecule has 5 N–H and O–H groups in total. The van der Waals surface area contributed by atoms with Gasteiger partial charge in [0, 0.05) is 23.4 Å². The van der Waals surface area contributed by atoms with Gasteiger partial charge in [-0.25, -0.2) is 0 Å². The summed E-state index contributed by atoms with van der Waals surface area (Å²) in [7, 11) is 0. The molecular weight excluding hydrogens is 230 g/mol. The van der Waals surface area contributed by atoms with Gasteiger partial charge >= 0.3 is 0 Å². The van der Waals surface area contributed by atoms with Crippen molar-refractivity contribution in [2.24, 2.45) is 17.4 Å². The van der Waals surface area contributed by atoms with Crippen LogP contribution >= 0.6 is 0 Å². The van der Waals surface area contributed by atoms with E-state index in [0.29, 0.717) is 11.6 Å². The van der Waals surface area contributed by atoms with E-state index in [4.69, 9.17) is 11.5 Å². The number of primary amides is 2. The fraction of sp³-hybridized carbons (Fsp3) is 0.385. The lowest BCUT2D eigenvalue weighted by Crippen LogP contribution is -2.16. The molecule has 5 nitrogen and oxygen atoms in total. The quantitative estimate of drug-likeness (QED) is 0.709. The standard InChI is InChI=1S/C13H19N3O2/c1-8(2)3-4-16-11-6-9(12(14)17)5-10(7-11)13(15)18/h5-8,16H,3-4H2,1-2H3,(H2,14,17)(H2,15,18). The van der Waals surface area contributed by atoms with E-state index in [-0.39, 0.29) is 11.1 Å². The van der Waals surface area contributed by atoms with Gasteiger partial charge in [0.15, 0.2) is 0 Å². The summed E-state index contributed by atoms with van der Waals surface area (Å²) in [6.07, 6.45) is 0.993. The van der Waals surface area contributed by atoms with Crippen LogP contribution in [-0.4, -0.2) is 18.4 Å². The first-order chi connectivity index (χ1) is 8.40. The van der Waals surface area contributed by atoms with Gasteiger partial charge in [-0.05, 0) is 30.5 Å². The average molecular weight is 249 g/mol. The number of hydrogen-bond donors (Lipinski definition) is 3. The normalized spacial score (nSPS) is 10.4. The van der Waals surface area contributed by atoms with Crippen LogP contribution in [0.25, 0.3) is 0 Å². The van der Waals surface area contributed by atoms with E-state index in [1.54, 1.807) is 12.1 Å². The Bertz CT molecular complexity index is 423. The molecule has 1 aromatic carbocycles. The molecule has 1 aromatic rings. The van der Waals surface area contributed by atoms with Crippen LogP contribution in [0.4, 0.5) is 5.69 Å². The summed E-state index contributed by atoms with van der Waals surface area (Å²) in [6, 6.07) is 4.64. The molecule has 0 aliphatic carbocycles. The predicted molar refractivity (Wildman–Crippen MR) is 71.4 cm³/mol. The second kappa shape index (κ2) is 6.05. The first kappa shape index (κ1) is 14.0. The summed E-state index contributed by atoms with van der Waals surface area (Å²) in [6.45, 7) is 5.00. The third kappa shape index (κ3) is 4.08. The highest BCUT2D eigenvalue weighted by Gasteiger charge is 2.08. The SMILES string of the molecule is CC(C)CCNc1cc(C(N)=O)cc(C(N)=O)c1. The molecule has 0 aromatic heterocycles. The van der Waals surface area contributed by atoms with Crippen LogP contribution in [0, 0.1) is 5.92 Å². The van der Waals surface area contributed by atoms with E-state index in [0.717, 1.165) is 13.0 Å². The molecule has 0 spiro atoms. The van der Waals surface area contributed by atoms with Gasteiger partial charge in [0.2, 0.25) is 11.8 Å². The number of anilines is 1. The van der Waals surface area contributed by atoms with E-state index in [9.17, 15) is 9.59 Å². The fourth-order valence-electron chi connectivity index (χ4n) is 1.52. The van der Waals surface area contributed by atoms with Crippen molar-refractivity contribution in [1.82, 2.24) is 0 Å². The van der Waals surface area contributed by atoms with E-state index < -0.39 is 11.8 Å². The van der Waals surface area contributed by atoms with Crippen molar-refractivity contribution in [2.75, 3.05) is 11.9 Å². The monoisotopic (exact) mass is 249 g/mol. The highest BCUT2D eigenvalue weighted by molar-refractivity contribution is 5.99. The number of benzene rings is 1. The molecule has 2 amide bonds. The molecular formula is C13H19N3O2. The van der Waals surface area contributed by atoms with Crippen molar-refractivity contribution in [3.05, 3.63) is 29.3 Å². The number of nitrogens with one attached hydrogen (secondary N) is 1. The zero-order valence-corrected chi connectivity index (χ0v) is 10.7. The van der Waals surface area contributed by atoms with Crippen LogP contribution in [0.1, 0.15) is 41.0 Å². The van der Waals surface area contributed by atoms with Gasteiger partial charge in [0.25, 0.3) is 0 Å². The van der Waals surface area contributed by atoms with Crippen molar-refractivity contribution in [2.45, 2.75) is 20.3 Å². The summed E-state index contributed by atoms with van der Waals surface area (Å²) < 4.78 is 0. The first-order valence-corrected chi connectivity index (χ1v) is 5.88. The lowest BCUT2D eigenvalue weighted by Gasteiger charge is -2.10. The molecule has 0 unspecified atom stereocenters. The number of nitrogens with two attached hydrogens (primary N) is 2. The summed E-state index contributed by atoms with van der Waals surface area (Å²) in [5.74, 6) is -0.581. The lowest BCUT2D eigenvalue weighted by molar-refractivity contribution is 0.0999. The molecule has 0 atom stereocenters. The molecule has 0 heterocycles. The molecule has 1 rings (SSSR count). The van der Waals surface area contributed by atoms with Crippen molar-refractivity contribution >= 4 is 17.5 Å². The number of carbonyl (C=O) groups excluding carboxylic acids is 2. The van der Waals surface area contributed by atoms with Crippen LogP contribution in [0.2, 0.25) is 0 Å². The summed E-state index contributed by atoms with van der Waals surface area (Å²) in [5, 5.41) is 3.15. The van der Waals surface area contributed by atoms with Crippen molar-refractivity contribution < 1.29 is 9.59 Å². The van der Waals surface area contributed by atoms with Crippen molar-refractivity contribution in [3.8, 4) is 0 Å². The van der Waals surface area contributed by atoms with Gasteiger partial charge < -0.3 is 16.8 Å². The van der Waals surface area contributed by atoms with E-state index in [2.05, 4.69) is 19.2 Å². The molecule has 0 fully saturated rings. The second-order valence-electron chi connectivity index (χ2n) is 4.64. The van der Waals surface area contributed by atoms with Gasteiger partial charge in [-0.15, -0.1) is 0 Å². The lowest BCUT2D eigenvalue weighted by atomic mass is 10.1. The maximum atomic E-state index is 11.2. The van der Waals surface area contributed by atoms with Gasteiger partial charge in [-0.2, -0.15) is 0 Å². The molecule has 5 heteroatoms. The third-order valence-electron chi connectivity index (χ3n) is 2.55. The molecule has 0 aliphatic heterocycles. The Kier molecular flexibility index (Phi) is 4.71. The fourth-order valence-corrected chi connectivity index (χ4v) is 1.52. The van der Waals surface area contributed by atoms with Gasteiger partial charge in [0.05, 0.1) is 0 Å². The maximum Gasteiger partial charge on any atom is 0.248 e. The van der Waals surface area contributed by atoms with Gasteiger partial charge in [-0.1, -0.05) is 13.8 Å². The van der Waals surface area contributed by atoms with Gasteiger partial charge in [-0.3, -0.25) is 9.59 Å². The summed E-state index contributed by atoms with van der Waals surface area (Å²) in [4.78, 5) is 22.3. The smallest absolute Gasteiger partial charge is 0.248 e. The minimum atomic E-state index is -0.579. The number of rotatable bonds is 6. The predicted octanol–water partition coefficient (Wildman–Crippen LogP) is 1.34. The van der Waals surface area contributed by atoms with E-state index in [1.807, 2.05) is 0 Å². The van der Waals surface area contributed by atoms with Crippen molar-refractivity contribution in [1.29, 1.82) is 0 Å². The highest BCUT2D eigenvalue weighted by atomic mass is 16.1. The Morgan fingerprint density at radius 2 is 1.61 bits per heavy atom. The number of hydrogen-bond acceptors (Lipinski definition) is 3. The van der Waals surface area contributed by atoms with Crippen LogP contribution in [0.15, 0.2) is 18.2 Å². The zero-order chi connectivity index (χ0) is 13.7. The zero-order valence-electron chi connectivity index (χ0n) is 10.7. The number of amides is 2. The topological polar surface area (TPSA) is 98.2 Å². The largest absolute Gasteiger partial charge is 0.385 e. The van der Waals surface area contributed by atoms with Gasteiger partial charge in [0.1, 0.15) is 0 Å². The second-order valence-corrected chi connectivity index (χ2v) is 4.64. The minimum absolute atomic E-state index is 0.276. The maximum absolute atomic E-state index is 11.2. The Hall–Kier alpha value is -2.04. The molecule has 0 radical (unpaired) electrons. The Morgan fingerprint density at radius 3 is 2.00 bits per heavy atom. The molecule has 0 saturated heterocycles. The Morgan fingerprint density at radius 1 is 1.11 bits per heavy atom. The third-order valence-corrected chi connectivity index (χ3v) is 2.55. The minimum Gasteiger partial charge on any atom is -0.385 e. The molecule has 18 heavy (non-hydrogen) atoms. The van der Waals surface area contributed by atoms with Crippen LogP contribution in [0.5, 0.6) is 0 Å². The molecule has 0 bridgehead atoms. The first-order valence-electron chi connectivity index (χ1n) is 5.88. The highest BCUT2D eigenvalue weighted by Crippen LogP contribution is 2.15. The number of carbonyl (C=O) groups is 2. The summed E-state index contributed by atoms with van der Waals surface area (Å²) >= 11 is 0. The Labute approximate surface area is 107 Å². The Balaban J connectivity index is 2.89. The van der Waals surface area contributed by atoms with Crippen LogP contribution < -0.4 is 16.8 Å². The molecule has 0 aliphatic rings. The van der Waals surface area contributed by atoms with E-state index in [1.165, 1.54) is 6.07 Å². The van der Waals surface area contributed by atoms with Crippen molar-refractivity contribution in [3.63, 3.8) is 0 Å². The molecule has 0 saturated carbocycles. The molecule has 98 valence electrons. The van der Waals surface area contributed by atoms with Crippen LogP contribution in [0.3, 0.4) is 0 Å². The average Bonchev–Trinajstić information content (AvgIpc) is 2.28. The summed E-state index contributed by atoms with van der Waals surface area (Å²) in [5.41, 5.74) is 11.7. The van der Waals surface area contributed by atoms with E-state index >= 15 is 0 Å². The van der Waals surface area contributed by atoms with Crippen LogP contribution in [-0.2, 0) is 0 Å².